The number of phenols is 1. The SMILES string of the molecule is COc1cc2c(c(OC)c1O)[C@]1(C)CCCC[C@@H]1C2. The van der Waals surface area contributed by atoms with Gasteiger partial charge in [0.25, 0.3) is 0 Å². The molecule has 2 aliphatic rings. The molecule has 2 atom stereocenters. The van der Waals surface area contributed by atoms with Crippen molar-refractivity contribution in [2.24, 2.45) is 5.92 Å². The van der Waals surface area contributed by atoms with Gasteiger partial charge in [0.2, 0.25) is 5.75 Å². The predicted molar refractivity (Wildman–Crippen MR) is 74.2 cm³/mol. The van der Waals surface area contributed by atoms with Crippen LogP contribution in [0.4, 0.5) is 0 Å². The van der Waals surface area contributed by atoms with Gasteiger partial charge in [-0.1, -0.05) is 19.8 Å². The summed E-state index contributed by atoms with van der Waals surface area (Å²) in [6, 6.07) is 2.00. The Morgan fingerprint density at radius 3 is 2.74 bits per heavy atom. The van der Waals surface area contributed by atoms with Crippen LogP contribution >= 0.6 is 0 Å². The topological polar surface area (TPSA) is 38.7 Å². The number of rotatable bonds is 2. The van der Waals surface area contributed by atoms with Gasteiger partial charge in [0, 0.05) is 5.56 Å². The molecule has 104 valence electrons. The number of methoxy groups -OCH3 is 2. The van der Waals surface area contributed by atoms with E-state index in [9.17, 15) is 5.11 Å². The fourth-order valence-corrected chi connectivity index (χ4v) is 4.14. The highest BCUT2D eigenvalue weighted by atomic mass is 16.5. The summed E-state index contributed by atoms with van der Waals surface area (Å²) >= 11 is 0. The third-order valence-electron chi connectivity index (χ3n) is 5.16. The maximum Gasteiger partial charge on any atom is 0.201 e. The first-order chi connectivity index (χ1) is 9.11. The predicted octanol–water partition coefficient (Wildman–Crippen LogP) is 3.41. The molecule has 3 heteroatoms. The van der Waals surface area contributed by atoms with Gasteiger partial charge in [-0.25, -0.2) is 0 Å². The molecule has 0 unspecified atom stereocenters. The minimum atomic E-state index is 0.149. The molecular formula is C16H22O3. The van der Waals surface area contributed by atoms with Crippen molar-refractivity contribution in [2.75, 3.05) is 14.2 Å². The zero-order valence-corrected chi connectivity index (χ0v) is 12.0. The van der Waals surface area contributed by atoms with Gasteiger partial charge in [-0.05, 0) is 42.2 Å². The molecular weight excluding hydrogens is 240 g/mol. The van der Waals surface area contributed by atoms with Crippen LogP contribution in [0, 0.1) is 5.92 Å². The maximum absolute atomic E-state index is 10.3. The number of fused-ring (bicyclic) bond motifs is 3. The van der Waals surface area contributed by atoms with Gasteiger partial charge in [-0.2, -0.15) is 0 Å². The molecule has 0 bridgehead atoms. The van der Waals surface area contributed by atoms with Gasteiger partial charge >= 0.3 is 0 Å². The van der Waals surface area contributed by atoms with E-state index in [0.717, 1.165) is 6.42 Å². The summed E-state index contributed by atoms with van der Waals surface area (Å²) in [5.41, 5.74) is 2.67. The third kappa shape index (κ3) is 1.63. The van der Waals surface area contributed by atoms with Crippen LogP contribution in [-0.2, 0) is 11.8 Å². The van der Waals surface area contributed by atoms with E-state index in [1.807, 2.05) is 6.07 Å². The molecule has 1 aromatic carbocycles. The average Bonchev–Trinajstić information content (AvgIpc) is 2.71. The third-order valence-corrected chi connectivity index (χ3v) is 5.16. The van der Waals surface area contributed by atoms with Crippen LogP contribution in [0.3, 0.4) is 0 Å². The van der Waals surface area contributed by atoms with Gasteiger partial charge in [-0.3, -0.25) is 0 Å². The van der Waals surface area contributed by atoms with Crippen LogP contribution in [0.2, 0.25) is 0 Å². The van der Waals surface area contributed by atoms with Crippen molar-refractivity contribution in [2.45, 2.75) is 44.4 Å². The summed E-state index contributed by atoms with van der Waals surface area (Å²) in [5.74, 6) is 1.98. The average molecular weight is 262 g/mol. The molecule has 0 aromatic heterocycles. The first-order valence-electron chi connectivity index (χ1n) is 7.09. The molecule has 0 spiro atoms. The highest BCUT2D eigenvalue weighted by Crippen LogP contribution is 2.57. The lowest BCUT2D eigenvalue weighted by Crippen LogP contribution is -2.31. The van der Waals surface area contributed by atoms with Gasteiger partial charge in [0.1, 0.15) is 0 Å². The van der Waals surface area contributed by atoms with E-state index < -0.39 is 0 Å². The molecule has 3 nitrogen and oxygen atoms in total. The molecule has 0 saturated heterocycles. The van der Waals surface area contributed by atoms with E-state index in [0.29, 0.717) is 17.4 Å². The van der Waals surface area contributed by atoms with Crippen molar-refractivity contribution in [3.8, 4) is 17.2 Å². The molecule has 1 N–H and O–H groups in total. The fraction of sp³-hybridized carbons (Fsp3) is 0.625. The summed E-state index contributed by atoms with van der Waals surface area (Å²) < 4.78 is 10.8. The van der Waals surface area contributed by atoms with Crippen molar-refractivity contribution in [3.63, 3.8) is 0 Å². The van der Waals surface area contributed by atoms with Gasteiger partial charge in [-0.15, -0.1) is 0 Å². The first kappa shape index (κ1) is 12.6. The molecule has 0 heterocycles. The maximum atomic E-state index is 10.3. The van der Waals surface area contributed by atoms with Crippen molar-refractivity contribution in [1.82, 2.24) is 0 Å². The van der Waals surface area contributed by atoms with E-state index in [-0.39, 0.29) is 11.2 Å². The Bertz CT molecular complexity index is 509. The van der Waals surface area contributed by atoms with Gasteiger partial charge < -0.3 is 14.6 Å². The first-order valence-corrected chi connectivity index (χ1v) is 7.09. The monoisotopic (exact) mass is 262 g/mol. The standard InChI is InChI=1S/C16H22O3/c1-16-7-5-4-6-11(16)8-10-9-12(18-2)14(17)15(19-3)13(10)16/h9,11,17H,4-8H2,1-3H3/t11-,16-/m1/s1. The second kappa shape index (κ2) is 4.32. The van der Waals surface area contributed by atoms with E-state index in [4.69, 9.17) is 9.47 Å². The van der Waals surface area contributed by atoms with Crippen LogP contribution in [0.1, 0.15) is 43.7 Å². The molecule has 2 aliphatic carbocycles. The lowest BCUT2D eigenvalue weighted by molar-refractivity contribution is 0.219. The largest absolute Gasteiger partial charge is 0.502 e. The molecule has 0 aliphatic heterocycles. The quantitative estimate of drug-likeness (QED) is 0.887. The molecule has 0 amide bonds. The Hall–Kier alpha value is -1.38. The van der Waals surface area contributed by atoms with E-state index >= 15 is 0 Å². The Balaban J connectivity index is 2.20. The van der Waals surface area contributed by atoms with Crippen LogP contribution in [0.5, 0.6) is 17.2 Å². The fourth-order valence-electron chi connectivity index (χ4n) is 4.14. The summed E-state index contributed by atoms with van der Waals surface area (Å²) in [5, 5.41) is 10.3. The molecule has 1 saturated carbocycles. The summed E-state index contributed by atoms with van der Waals surface area (Å²) in [4.78, 5) is 0. The number of benzene rings is 1. The van der Waals surface area contributed by atoms with E-state index in [2.05, 4.69) is 6.92 Å². The van der Waals surface area contributed by atoms with E-state index in [1.54, 1.807) is 14.2 Å². The number of aromatic hydroxyl groups is 1. The Kier molecular flexibility index (Phi) is 2.88. The lowest BCUT2D eigenvalue weighted by Gasteiger charge is -2.37. The van der Waals surface area contributed by atoms with Crippen LogP contribution in [0.25, 0.3) is 0 Å². The number of phenolic OH excluding ortho intramolecular Hbond substituents is 1. The molecule has 3 rings (SSSR count). The van der Waals surface area contributed by atoms with Crippen molar-refractivity contribution < 1.29 is 14.6 Å². The van der Waals surface area contributed by atoms with Crippen molar-refractivity contribution in [1.29, 1.82) is 0 Å². The normalized spacial score (nSPS) is 28.7. The second-order valence-corrected chi connectivity index (χ2v) is 6.06. The minimum absolute atomic E-state index is 0.149. The van der Waals surface area contributed by atoms with Gasteiger partial charge in [0.15, 0.2) is 11.5 Å². The summed E-state index contributed by atoms with van der Waals surface area (Å²) in [7, 11) is 3.22. The zero-order chi connectivity index (χ0) is 13.6. The summed E-state index contributed by atoms with van der Waals surface area (Å²) in [6.07, 6.45) is 6.13. The van der Waals surface area contributed by atoms with Crippen molar-refractivity contribution in [3.05, 3.63) is 17.2 Å². The molecule has 0 radical (unpaired) electrons. The van der Waals surface area contributed by atoms with Crippen LogP contribution in [0.15, 0.2) is 6.07 Å². The van der Waals surface area contributed by atoms with Crippen LogP contribution < -0.4 is 9.47 Å². The second-order valence-electron chi connectivity index (χ2n) is 6.06. The van der Waals surface area contributed by atoms with Crippen molar-refractivity contribution >= 4 is 0 Å². The Morgan fingerprint density at radius 1 is 1.26 bits per heavy atom. The minimum Gasteiger partial charge on any atom is -0.502 e. The zero-order valence-electron chi connectivity index (χ0n) is 12.0. The highest BCUT2D eigenvalue weighted by Gasteiger charge is 2.47. The highest BCUT2D eigenvalue weighted by molar-refractivity contribution is 5.62. The number of hydrogen-bond donors (Lipinski definition) is 1. The van der Waals surface area contributed by atoms with E-state index in [1.165, 1.54) is 36.8 Å². The number of hydrogen-bond acceptors (Lipinski definition) is 3. The smallest absolute Gasteiger partial charge is 0.201 e. The van der Waals surface area contributed by atoms with Crippen LogP contribution in [-0.4, -0.2) is 19.3 Å². The number of ether oxygens (including phenoxy) is 2. The molecule has 1 aromatic rings. The molecule has 19 heavy (non-hydrogen) atoms. The Morgan fingerprint density at radius 2 is 2.05 bits per heavy atom. The lowest BCUT2D eigenvalue weighted by atomic mass is 9.67. The van der Waals surface area contributed by atoms with Gasteiger partial charge in [0.05, 0.1) is 14.2 Å². The Labute approximate surface area is 114 Å². The molecule has 1 fully saturated rings. The summed E-state index contributed by atoms with van der Waals surface area (Å²) in [6.45, 7) is 2.33.